The van der Waals surface area contributed by atoms with Gasteiger partial charge >= 0.3 is 0 Å². The number of nitro groups is 1. The Morgan fingerprint density at radius 1 is 1.50 bits per heavy atom. The van der Waals surface area contributed by atoms with E-state index in [1.54, 1.807) is 0 Å². The van der Waals surface area contributed by atoms with Crippen LogP contribution >= 0.6 is 0 Å². The maximum Gasteiger partial charge on any atom is 0.270 e. The molecule has 0 bridgehead atoms. The number of benzene rings is 1. The molecule has 0 radical (unpaired) electrons. The summed E-state index contributed by atoms with van der Waals surface area (Å²) in [4.78, 5) is 10.1. The molecule has 1 aromatic heterocycles. The Morgan fingerprint density at radius 3 is 2.88 bits per heavy atom. The van der Waals surface area contributed by atoms with Crippen LogP contribution in [0.3, 0.4) is 0 Å². The zero-order valence-corrected chi connectivity index (χ0v) is 7.86. The molecule has 0 atom stereocenters. The zero-order chi connectivity index (χ0) is 11.5. The van der Waals surface area contributed by atoms with Gasteiger partial charge in [0.1, 0.15) is 0 Å². The van der Waals surface area contributed by atoms with E-state index < -0.39 is 4.92 Å². The monoisotopic (exact) mass is 220 g/mol. The van der Waals surface area contributed by atoms with Gasteiger partial charge in [0, 0.05) is 17.7 Å². The number of aromatic nitrogens is 4. The highest BCUT2D eigenvalue weighted by atomic mass is 16.6. The zero-order valence-electron chi connectivity index (χ0n) is 7.86. The molecule has 9 nitrogen and oxygen atoms in total. The number of H-pyrrole nitrogens is 1. The normalized spacial score (nSPS) is 10.1. The number of hydrogen-bond donors (Lipinski definition) is 2. The van der Waals surface area contributed by atoms with Crippen molar-refractivity contribution in [1.82, 2.24) is 20.6 Å². The lowest BCUT2D eigenvalue weighted by Gasteiger charge is -2.16. The van der Waals surface area contributed by atoms with Gasteiger partial charge in [-0.3, -0.25) is 10.1 Å². The molecule has 2 rings (SSSR count). The second-order valence-electron chi connectivity index (χ2n) is 2.82. The molecule has 0 saturated carbocycles. The van der Waals surface area contributed by atoms with Gasteiger partial charge in [0.2, 0.25) is 5.82 Å². The Hall–Kier alpha value is -2.55. The number of non-ortho nitro benzene ring substituents is 1. The third-order valence-electron chi connectivity index (χ3n) is 1.92. The maximum absolute atomic E-state index is 10.6. The summed E-state index contributed by atoms with van der Waals surface area (Å²) in [7, 11) is 0. The number of rotatable bonds is 3. The fourth-order valence-electron chi connectivity index (χ4n) is 1.21. The largest absolute Gasteiger partial charge is 0.625 e. The van der Waals surface area contributed by atoms with Crippen molar-refractivity contribution < 1.29 is 4.92 Å². The summed E-state index contributed by atoms with van der Waals surface area (Å²) in [6.07, 6.45) is 0. The van der Waals surface area contributed by atoms with Crippen LogP contribution in [-0.4, -0.2) is 25.5 Å². The molecule has 82 valence electrons. The summed E-state index contributed by atoms with van der Waals surface area (Å²) < 4.78 is 0. The standard InChI is InChI=1S/C7H6N7O2/c8-9-6-2-1-4(14(15)16)3-5(6)7-10-12-13-11-7/h1-3H,8H2,(H,10,11,12,13)/q-1. The van der Waals surface area contributed by atoms with Gasteiger partial charge in [0.25, 0.3) is 5.69 Å². The van der Waals surface area contributed by atoms with Gasteiger partial charge in [0.15, 0.2) is 0 Å². The number of nitrogens with one attached hydrogen (secondary N) is 1. The van der Waals surface area contributed by atoms with Crippen molar-refractivity contribution in [2.75, 3.05) is 0 Å². The first-order valence-electron chi connectivity index (χ1n) is 4.15. The van der Waals surface area contributed by atoms with E-state index in [0.717, 1.165) is 0 Å². The van der Waals surface area contributed by atoms with Crippen LogP contribution in [0.5, 0.6) is 0 Å². The molecule has 9 heteroatoms. The molecule has 1 aromatic carbocycles. The summed E-state index contributed by atoms with van der Waals surface area (Å²) in [5, 5.41) is 23.6. The van der Waals surface area contributed by atoms with Gasteiger partial charge in [-0.1, -0.05) is 6.07 Å². The van der Waals surface area contributed by atoms with Crippen molar-refractivity contribution in [1.29, 1.82) is 0 Å². The molecular weight excluding hydrogens is 214 g/mol. The van der Waals surface area contributed by atoms with E-state index in [1.165, 1.54) is 18.2 Å². The van der Waals surface area contributed by atoms with E-state index in [-0.39, 0.29) is 11.5 Å². The summed E-state index contributed by atoms with van der Waals surface area (Å²) >= 11 is 0. The van der Waals surface area contributed by atoms with Crippen LogP contribution in [0.2, 0.25) is 0 Å². The first kappa shape index (κ1) is 9.98. The minimum Gasteiger partial charge on any atom is -0.625 e. The third-order valence-corrected chi connectivity index (χ3v) is 1.92. The van der Waals surface area contributed by atoms with Crippen LogP contribution in [0.25, 0.3) is 16.8 Å². The Bertz CT molecular complexity index is 509. The lowest BCUT2D eigenvalue weighted by atomic mass is 10.1. The molecule has 16 heavy (non-hydrogen) atoms. The lowest BCUT2D eigenvalue weighted by molar-refractivity contribution is -0.384. The SMILES string of the molecule is N[N-]c1ccc([N+](=O)[O-])cc1-c1nn[nH]n1. The van der Waals surface area contributed by atoms with Crippen molar-refractivity contribution in [3.8, 4) is 11.4 Å². The average Bonchev–Trinajstić information content (AvgIpc) is 2.81. The molecule has 0 amide bonds. The van der Waals surface area contributed by atoms with Gasteiger partial charge in [0.05, 0.1) is 4.92 Å². The van der Waals surface area contributed by atoms with E-state index in [0.29, 0.717) is 11.3 Å². The Morgan fingerprint density at radius 2 is 2.31 bits per heavy atom. The minimum absolute atomic E-state index is 0.0906. The second-order valence-corrected chi connectivity index (χ2v) is 2.82. The Kier molecular flexibility index (Phi) is 2.44. The first-order chi connectivity index (χ1) is 7.72. The fraction of sp³-hybridized carbons (Fsp3) is 0. The van der Waals surface area contributed by atoms with Gasteiger partial charge in [-0.15, -0.1) is 15.9 Å². The second kappa shape index (κ2) is 3.90. The molecule has 0 aliphatic carbocycles. The Balaban J connectivity index is 2.56. The molecule has 1 heterocycles. The van der Waals surface area contributed by atoms with Crippen LogP contribution in [0.15, 0.2) is 18.2 Å². The number of hydrogen-bond acceptors (Lipinski definition) is 6. The molecular formula is C7H6N7O2-. The molecule has 0 spiro atoms. The Labute approximate surface area is 88.8 Å². The van der Waals surface area contributed by atoms with Crippen LogP contribution in [0.1, 0.15) is 0 Å². The van der Waals surface area contributed by atoms with Gasteiger partial charge < -0.3 is 11.3 Å². The quantitative estimate of drug-likeness (QED) is 0.442. The summed E-state index contributed by atoms with van der Waals surface area (Å²) in [5.41, 5.74) is 4.10. The van der Waals surface area contributed by atoms with Crippen LogP contribution in [0.4, 0.5) is 11.4 Å². The van der Waals surface area contributed by atoms with E-state index >= 15 is 0 Å². The molecule has 3 N–H and O–H groups in total. The molecule has 0 aliphatic heterocycles. The number of nitrogens with zero attached hydrogens (tertiary/aromatic N) is 5. The van der Waals surface area contributed by atoms with Crippen LogP contribution < -0.4 is 5.84 Å². The maximum atomic E-state index is 10.6. The smallest absolute Gasteiger partial charge is 0.270 e. The van der Waals surface area contributed by atoms with Crippen LogP contribution in [-0.2, 0) is 0 Å². The van der Waals surface area contributed by atoms with E-state index in [2.05, 4.69) is 26.0 Å². The van der Waals surface area contributed by atoms with Crippen molar-refractivity contribution in [3.05, 3.63) is 33.7 Å². The lowest BCUT2D eigenvalue weighted by Crippen LogP contribution is -1.92. The summed E-state index contributed by atoms with van der Waals surface area (Å²) in [5.74, 6) is 5.35. The number of tetrazole rings is 1. The number of nitro benzene ring substituents is 1. The van der Waals surface area contributed by atoms with Crippen molar-refractivity contribution in [2.24, 2.45) is 5.84 Å². The van der Waals surface area contributed by atoms with Gasteiger partial charge in [-0.2, -0.15) is 5.21 Å². The number of aromatic amines is 1. The van der Waals surface area contributed by atoms with E-state index in [9.17, 15) is 10.1 Å². The highest BCUT2D eigenvalue weighted by Gasteiger charge is 2.11. The van der Waals surface area contributed by atoms with Crippen molar-refractivity contribution in [2.45, 2.75) is 0 Å². The average molecular weight is 220 g/mol. The summed E-state index contributed by atoms with van der Waals surface area (Å²) in [6, 6.07) is 4.01. The molecule has 0 saturated heterocycles. The van der Waals surface area contributed by atoms with Crippen molar-refractivity contribution >= 4 is 11.4 Å². The topological polar surface area (TPSA) is 138 Å². The minimum atomic E-state index is -0.524. The van der Waals surface area contributed by atoms with Crippen LogP contribution in [0, 0.1) is 10.1 Å². The highest BCUT2D eigenvalue weighted by Crippen LogP contribution is 2.31. The predicted molar refractivity (Wildman–Crippen MR) is 53.5 cm³/mol. The van der Waals surface area contributed by atoms with E-state index in [4.69, 9.17) is 5.84 Å². The first-order valence-corrected chi connectivity index (χ1v) is 4.15. The molecule has 0 fully saturated rings. The number of nitrogens with two attached hydrogens (primary N) is 1. The molecule has 2 aromatic rings. The summed E-state index contributed by atoms with van der Waals surface area (Å²) in [6.45, 7) is 0. The van der Waals surface area contributed by atoms with Gasteiger partial charge in [-0.05, 0) is 5.21 Å². The van der Waals surface area contributed by atoms with E-state index in [1.807, 2.05) is 0 Å². The molecule has 0 aliphatic rings. The predicted octanol–water partition coefficient (Wildman–Crippen LogP) is 0.654. The molecule has 0 unspecified atom stereocenters. The fourth-order valence-corrected chi connectivity index (χ4v) is 1.21. The van der Waals surface area contributed by atoms with Gasteiger partial charge in [-0.25, -0.2) is 0 Å². The van der Waals surface area contributed by atoms with Crippen molar-refractivity contribution in [3.63, 3.8) is 0 Å². The third kappa shape index (κ3) is 1.66. The highest BCUT2D eigenvalue weighted by molar-refractivity contribution is 5.77.